The van der Waals surface area contributed by atoms with Crippen LogP contribution in [0.1, 0.15) is 47.5 Å². The van der Waals surface area contributed by atoms with E-state index in [2.05, 4.69) is 28.8 Å². The van der Waals surface area contributed by atoms with Gasteiger partial charge in [0, 0.05) is 0 Å². The summed E-state index contributed by atoms with van der Waals surface area (Å²) in [7, 11) is 1.87. The number of nitrogens with one attached hydrogen (secondary N) is 1. The molecular formula is C14H18FN3S. The molecule has 0 amide bonds. The van der Waals surface area contributed by atoms with Crippen LogP contribution in [0.3, 0.4) is 0 Å². The first-order valence-electron chi connectivity index (χ1n) is 6.30. The molecule has 5 heteroatoms. The van der Waals surface area contributed by atoms with Gasteiger partial charge in [-0.3, -0.25) is 0 Å². The van der Waals surface area contributed by atoms with Crippen LogP contribution in [0.15, 0.2) is 18.2 Å². The van der Waals surface area contributed by atoms with Crippen molar-refractivity contribution in [1.82, 2.24) is 14.9 Å². The van der Waals surface area contributed by atoms with Gasteiger partial charge in [-0.1, -0.05) is 30.5 Å². The van der Waals surface area contributed by atoms with Crippen LogP contribution in [0, 0.1) is 12.7 Å². The van der Waals surface area contributed by atoms with Crippen molar-refractivity contribution in [3.63, 3.8) is 0 Å². The van der Waals surface area contributed by atoms with Crippen LogP contribution in [0.2, 0.25) is 0 Å². The summed E-state index contributed by atoms with van der Waals surface area (Å²) in [6.07, 6.45) is 0. The van der Waals surface area contributed by atoms with E-state index in [0.29, 0.717) is 11.5 Å². The van der Waals surface area contributed by atoms with Crippen LogP contribution in [-0.4, -0.2) is 16.6 Å². The molecule has 19 heavy (non-hydrogen) atoms. The fourth-order valence-electron chi connectivity index (χ4n) is 2.04. The van der Waals surface area contributed by atoms with Gasteiger partial charge in [0.1, 0.15) is 5.82 Å². The first-order valence-corrected chi connectivity index (χ1v) is 7.07. The molecule has 0 spiro atoms. The normalized spacial score (nSPS) is 12.9. The van der Waals surface area contributed by atoms with Gasteiger partial charge in [-0.05, 0) is 48.6 Å². The molecule has 3 nitrogen and oxygen atoms in total. The Morgan fingerprint density at radius 3 is 2.63 bits per heavy atom. The quantitative estimate of drug-likeness (QED) is 0.932. The Labute approximate surface area is 117 Å². The van der Waals surface area contributed by atoms with Gasteiger partial charge in [0.2, 0.25) is 0 Å². The van der Waals surface area contributed by atoms with E-state index in [9.17, 15) is 4.39 Å². The summed E-state index contributed by atoms with van der Waals surface area (Å²) < 4.78 is 17.8. The first-order chi connectivity index (χ1) is 9.04. The fraction of sp³-hybridized carbons (Fsp3) is 0.429. The van der Waals surface area contributed by atoms with E-state index < -0.39 is 0 Å². The largest absolute Gasteiger partial charge is 0.309 e. The Hall–Kier alpha value is -1.33. The number of hydrogen-bond donors (Lipinski definition) is 1. The summed E-state index contributed by atoms with van der Waals surface area (Å²) in [4.78, 5) is 1.06. The molecule has 0 fully saturated rings. The van der Waals surface area contributed by atoms with Crippen molar-refractivity contribution >= 4 is 11.5 Å². The molecule has 2 rings (SSSR count). The number of rotatable bonds is 4. The minimum atomic E-state index is -0.179. The van der Waals surface area contributed by atoms with Gasteiger partial charge in [-0.15, -0.1) is 5.10 Å². The molecule has 1 aromatic heterocycles. The van der Waals surface area contributed by atoms with Crippen LogP contribution in [0.4, 0.5) is 4.39 Å². The predicted octanol–water partition coefficient (Wildman–Crippen LogP) is 3.42. The third kappa shape index (κ3) is 2.82. The molecule has 1 atom stereocenters. The van der Waals surface area contributed by atoms with Crippen molar-refractivity contribution in [2.75, 3.05) is 7.05 Å². The standard InChI is InChI=1S/C14H18FN3S/c1-8(2)12-14(19-18-17-12)13(16-4)10-6-5-9(3)11(15)7-10/h5-8,13,16H,1-4H3. The van der Waals surface area contributed by atoms with Crippen molar-refractivity contribution in [2.45, 2.75) is 32.7 Å². The van der Waals surface area contributed by atoms with Gasteiger partial charge in [0.15, 0.2) is 0 Å². The maximum absolute atomic E-state index is 13.7. The van der Waals surface area contributed by atoms with E-state index in [1.54, 1.807) is 19.1 Å². The lowest BCUT2D eigenvalue weighted by atomic mass is 9.99. The summed E-state index contributed by atoms with van der Waals surface area (Å²) in [6.45, 7) is 5.94. The summed E-state index contributed by atoms with van der Waals surface area (Å²) in [5.74, 6) is 0.126. The highest BCUT2D eigenvalue weighted by Crippen LogP contribution is 2.31. The third-order valence-electron chi connectivity index (χ3n) is 3.17. The van der Waals surface area contributed by atoms with Crippen LogP contribution in [0.5, 0.6) is 0 Å². The zero-order valence-electron chi connectivity index (χ0n) is 11.6. The molecule has 0 saturated heterocycles. The van der Waals surface area contributed by atoms with Crippen LogP contribution < -0.4 is 5.32 Å². The number of halogens is 1. The van der Waals surface area contributed by atoms with E-state index in [0.717, 1.165) is 16.1 Å². The average molecular weight is 279 g/mol. The second kappa shape index (κ2) is 5.75. The van der Waals surface area contributed by atoms with Crippen molar-refractivity contribution in [3.05, 3.63) is 45.7 Å². The van der Waals surface area contributed by atoms with E-state index in [-0.39, 0.29) is 11.9 Å². The SMILES string of the molecule is CNC(c1ccc(C)c(F)c1)c1snnc1C(C)C. The van der Waals surface area contributed by atoms with Gasteiger partial charge < -0.3 is 5.32 Å². The second-order valence-corrected chi connectivity index (χ2v) is 5.69. The molecule has 1 aromatic carbocycles. The van der Waals surface area contributed by atoms with Gasteiger partial charge in [0.25, 0.3) is 0 Å². The molecule has 0 radical (unpaired) electrons. The highest BCUT2D eigenvalue weighted by molar-refractivity contribution is 7.05. The topological polar surface area (TPSA) is 37.8 Å². The van der Waals surface area contributed by atoms with E-state index in [1.165, 1.54) is 11.5 Å². The number of benzene rings is 1. The Bertz CT molecular complexity index is 566. The highest BCUT2D eigenvalue weighted by Gasteiger charge is 2.22. The second-order valence-electron chi connectivity index (χ2n) is 4.91. The summed E-state index contributed by atoms with van der Waals surface area (Å²) in [5.41, 5.74) is 2.54. The number of aromatic nitrogens is 2. The van der Waals surface area contributed by atoms with Crippen LogP contribution in [-0.2, 0) is 0 Å². The molecule has 102 valence electrons. The van der Waals surface area contributed by atoms with E-state index in [4.69, 9.17) is 0 Å². The van der Waals surface area contributed by atoms with Crippen molar-refractivity contribution < 1.29 is 4.39 Å². The lowest BCUT2D eigenvalue weighted by molar-refractivity contribution is 0.608. The molecule has 1 N–H and O–H groups in total. The maximum atomic E-state index is 13.7. The highest BCUT2D eigenvalue weighted by atomic mass is 32.1. The zero-order valence-corrected chi connectivity index (χ0v) is 12.4. The summed E-state index contributed by atoms with van der Waals surface area (Å²) >= 11 is 1.37. The number of nitrogens with zero attached hydrogens (tertiary/aromatic N) is 2. The predicted molar refractivity (Wildman–Crippen MR) is 76.0 cm³/mol. The molecule has 2 aromatic rings. The van der Waals surface area contributed by atoms with Crippen molar-refractivity contribution in [1.29, 1.82) is 0 Å². The fourth-order valence-corrected chi connectivity index (χ4v) is 2.99. The van der Waals surface area contributed by atoms with Gasteiger partial charge in [-0.2, -0.15) is 0 Å². The molecule has 1 heterocycles. The average Bonchev–Trinajstić information content (AvgIpc) is 2.84. The minimum absolute atomic E-state index is 0.0625. The lowest BCUT2D eigenvalue weighted by Crippen LogP contribution is -2.18. The first kappa shape index (κ1) is 14.1. The van der Waals surface area contributed by atoms with Gasteiger partial charge >= 0.3 is 0 Å². The smallest absolute Gasteiger partial charge is 0.126 e. The Morgan fingerprint density at radius 1 is 1.32 bits per heavy atom. The van der Waals surface area contributed by atoms with Crippen LogP contribution in [0.25, 0.3) is 0 Å². The van der Waals surface area contributed by atoms with Crippen LogP contribution >= 0.6 is 11.5 Å². The maximum Gasteiger partial charge on any atom is 0.126 e. The molecule has 0 bridgehead atoms. The van der Waals surface area contributed by atoms with E-state index >= 15 is 0 Å². The van der Waals surface area contributed by atoms with Crippen molar-refractivity contribution in [3.8, 4) is 0 Å². The molecule has 0 aliphatic rings. The third-order valence-corrected chi connectivity index (χ3v) is 3.97. The Kier molecular flexibility index (Phi) is 4.27. The Balaban J connectivity index is 2.44. The molecule has 1 unspecified atom stereocenters. The molecular weight excluding hydrogens is 261 g/mol. The van der Waals surface area contributed by atoms with Gasteiger partial charge in [-0.25, -0.2) is 4.39 Å². The summed E-state index contributed by atoms with van der Waals surface area (Å²) in [5, 5.41) is 7.41. The monoisotopic (exact) mass is 279 g/mol. The number of hydrogen-bond acceptors (Lipinski definition) is 4. The lowest BCUT2D eigenvalue weighted by Gasteiger charge is -2.17. The molecule has 0 aliphatic heterocycles. The Morgan fingerprint density at radius 2 is 2.05 bits per heavy atom. The number of aryl methyl sites for hydroxylation is 1. The zero-order chi connectivity index (χ0) is 14.0. The van der Waals surface area contributed by atoms with Crippen molar-refractivity contribution in [2.24, 2.45) is 0 Å². The van der Waals surface area contributed by atoms with Gasteiger partial charge in [0.05, 0.1) is 16.6 Å². The molecule has 0 saturated carbocycles. The minimum Gasteiger partial charge on any atom is -0.309 e. The molecule has 0 aliphatic carbocycles. The summed E-state index contributed by atoms with van der Waals surface area (Å²) in [6, 6.07) is 5.27. The van der Waals surface area contributed by atoms with E-state index in [1.807, 2.05) is 13.1 Å².